The van der Waals surface area contributed by atoms with E-state index < -0.39 is 29.3 Å². The van der Waals surface area contributed by atoms with Crippen molar-refractivity contribution in [3.05, 3.63) is 60.2 Å². The van der Waals surface area contributed by atoms with Gasteiger partial charge < -0.3 is 10.6 Å². The van der Waals surface area contributed by atoms with Crippen LogP contribution in [0.5, 0.6) is 0 Å². The Hall–Kier alpha value is -2.80. The minimum Gasteiger partial charge on any atom is -0.326 e. The van der Waals surface area contributed by atoms with Crippen LogP contribution in [-0.2, 0) is 9.59 Å². The molecule has 0 saturated carbocycles. The fourth-order valence-corrected chi connectivity index (χ4v) is 3.33. The van der Waals surface area contributed by atoms with Crippen LogP contribution in [0.2, 0.25) is 0 Å². The molecule has 2 aromatic carbocycles. The predicted octanol–water partition coefficient (Wildman–Crippen LogP) is 3.64. The summed E-state index contributed by atoms with van der Waals surface area (Å²) in [5.74, 6) is -2.25. The summed E-state index contributed by atoms with van der Waals surface area (Å²) in [7, 11) is 0. The SMILES string of the molecule is CC(C(=O)Nc1c(F)cccc1F)N1CCC(C(=O)Nc2ccccc2)CC1. The van der Waals surface area contributed by atoms with Crippen LogP contribution in [0, 0.1) is 17.6 Å². The third-order valence-electron chi connectivity index (χ3n) is 5.08. The van der Waals surface area contributed by atoms with Gasteiger partial charge in [-0.05, 0) is 57.1 Å². The number of hydrogen-bond acceptors (Lipinski definition) is 3. The molecular weight excluding hydrogens is 364 g/mol. The van der Waals surface area contributed by atoms with Crippen molar-refractivity contribution in [1.82, 2.24) is 4.90 Å². The molecular formula is C21H23F2N3O2. The Morgan fingerprint density at radius 2 is 1.57 bits per heavy atom. The van der Waals surface area contributed by atoms with Gasteiger partial charge in [-0.2, -0.15) is 0 Å². The number of halogens is 2. The minimum atomic E-state index is -0.808. The summed E-state index contributed by atoms with van der Waals surface area (Å²) in [6.07, 6.45) is 1.23. The number of para-hydroxylation sites is 2. The zero-order chi connectivity index (χ0) is 20.1. The molecule has 2 amide bonds. The second-order valence-electron chi connectivity index (χ2n) is 6.93. The lowest BCUT2D eigenvalue weighted by Crippen LogP contribution is -2.47. The molecule has 2 aromatic rings. The molecule has 0 bridgehead atoms. The lowest BCUT2D eigenvalue weighted by Gasteiger charge is -2.34. The number of nitrogens with zero attached hydrogens (tertiary/aromatic N) is 1. The van der Waals surface area contributed by atoms with Crippen molar-refractivity contribution in [2.24, 2.45) is 5.92 Å². The van der Waals surface area contributed by atoms with Crippen molar-refractivity contribution < 1.29 is 18.4 Å². The average Bonchev–Trinajstić information content (AvgIpc) is 2.71. The number of hydrogen-bond donors (Lipinski definition) is 2. The molecule has 28 heavy (non-hydrogen) atoms. The van der Waals surface area contributed by atoms with Crippen LogP contribution in [0.15, 0.2) is 48.5 Å². The number of piperidine rings is 1. The lowest BCUT2D eigenvalue weighted by molar-refractivity contribution is -0.123. The van der Waals surface area contributed by atoms with E-state index in [2.05, 4.69) is 10.6 Å². The highest BCUT2D eigenvalue weighted by molar-refractivity contribution is 5.95. The van der Waals surface area contributed by atoms with Gasteiger partial charge in [0.2, 0.25) is 11.8 Å². The summed E-state index contributed by atoms with van der Waals surface area (Å²) >= 11 is 0. The Balaban J connectivity index is 1.52. The number of benzene rings is 2. The maximum absolute atomic E-state index is 13.7. The lowest BCUT2D eigenvalue weighted by atomic mass is 9.94. The molecule has 0 spiro atoms. The maximum atomic E-state index is 13.7. The first-order chi connectivity index (χ1) is 13.5. The maximum Gasteiger partial charge on any atom is 0.241 e. The van der Waals surface area contributed by atoms with E-state index in [0.29, 0.717) is 25.9 Å². The molecule has 1 fully saturated rings. The van der Waals surface area contributed by atoms with Gasteiger partial charge in [-0.1, -0.05) is 24.3 Å². The van der Waals surface area contributed by atoms with Crippen molar-refractivity contribution in [1.29, 1.82) is 0 Å². The third kappa shape index (κ3) is 4.72. The quantitative estimate of drug-likeness (QED) is 0.823. The molecule has 1 aliphatic heterocycles. The van der Waals surface area contributed by atoms with Crippen molar-refractivity contribution in [2.45, 2.75) is 25.8 Å². The fourth-order valence-electron chi connectivity index (χ4n) is 3.33. The van der Waals surface area contributed by atoms with Gasteiger partial charge in [-0.25, -0.2) is 8.78 Å². The van der Waals surface area contributed by atoms with E-state index in [1.807, 2.05) is 35.2 Å². The van der Waals surface area contributed by atoms with Crippen LogP contribution in [0.1, 0.15) is 19.8 Å². The zero-order valence-corrected chi connectivity index (χ0v) is 15.6. The van der Waals surface area contributed by atoms with E-state index in [9.17, 15) is 18.4 Å². The molecule has 1 saturated heterocycles. The van der Waals surface area contributed by atoms with Gasteiger partial charge in [0.15, 0.2) is 0 Å². The van der Waals surface area contributed by atoms with E-state index >= 15 is 0 Å². The van der Waals surface area contributed by atoms with Crippen molar-refractivity contribution >= 4 is 23.2 Å². The van der Waals surface area contributed by atoms with Crippen molar-refractivity contribution in [3.63, 3.8) is 0 Å². The Kier molecular flexibility index (Phi) is 6.36. The molecule has 7 heteroatoms. The Morgan fingerprint density at radius 1 is 0.964 bits per heavy atom. The molecule has 1 aliphatic rings. The number of amides is 2. The van der Waals surface area contributed by atoms with Crippen LogP contribution < -0.4 is 10.6 Å². The molecule has 1 heterocycles. The van der Waals surface area contributed by atoms with Crippen LogP contribution in [-0.4, -0.2) is 35.8 Å². The second kappa shape index (κ2) is 8.93. The number of anilines is 2. The summed E-state index contributed by atoms with van der Waals surface area (Å²) in [5, 5.41) is 5.24. The molecule has 2 N–H and O–H groups in total. The van der Waals surface area contributed by atoms with E-state index in [1.165, 1.54) is 6.07 Å². The highest BCUT2D eigenvalue weighted by Crippen LogP contribution is 2.23. The van der Waals surface area contributed by atoms with Crippen LogP contribution in [0.4, 0.5) is 20.2 Å². The second-order valence-corrected chi connectivity index (χ2v) is 6.93. The van der Waals surface area contributed by atoms with Crippen molar-refractivity contribution in [2.75, 3.05) is 23.7 Å². The smallest absolute Gasteiger partial charge is 0.241 e. The Bertz CT molecular complexity index is 817. The molecule has 1 atom stereocenters. The molecule has 5 nitrogen and oxygen atoms in total. The largest absolute Gasteiger partial charge is 0.326 e. The van der Waals surface area contributed by atoms with Gasteiger partial charge in [-0.3, -0.25) is 14.5 Å². The standard InChI is InChI=1S/C21H23F2N3O2/c1-14(20(27)25-19-17(22)8-5-9-18(19)23)26-12-10-15(11-13-26)21(28)24-16-6-3-2-4-7-16/h2-9,14-15H,10-13H2,1H3,(H,24,28)(H,25,27). The number of nitrogens with one attached hydrogen (secondary N) is 2. The summed E-state index contributed by atoms with van der Waals surface area (Å²) in [5.41, 5.74) is 0.325. The fraction of sp³-hybridized carbons (Fsp3) is 0.333. The van der Waals surface area contributed by atoms with E-state index in [4.69, 9.17) is 0 Å². The van der Waals surface area contributed by atoms with E-state index in [-0.39, 0.29) is 11.8 Å². The van der Waals surface area contributed by atoms with Crippen LogP contribution in [0.3, 0.4) is 0 Å². The van der Waals surface area contributed by atoms with E-state index in [0.717, 1.165) is 17.8 Å². The van der Waals surface area contributed by atoms with Gasteiger partial charge in [0.25, 0.3) is 0 Å². The van der Waals surface area contributed by atoms with Gasteiger partial charge in [0, 0.05) is 11.6 Å². The summed E-state index contributed by atoms with van der Waals surface area (Å²) in [6.45, 7) is 2.81. The highest BCUT2D eigenvalue weighted by Gasteiger charge is 2.30. The van der Waals surface area contributed by atoms with Gasteiger partial charge in [-0.15, -0.1) is 0 Å². The molecule has 1 unspecified atom stereocenters. The Morgan fingerprint density at radius 3 is 2.18 bits per heavy atom. The summed E-state index contributed by atoms with van der Waals surface area (Å²) < 4.78 is 27.4. The molecule has 3 rings (SSSR count). The number of likely N-dealkylation sites (tertiary alicyclic amines) is 1. The van der Waals surface area contributed by atoms with Crippen molar-refractivity contribution in [3.8, 4) is 0 Å². The monoisotopic (exact) mass is 387 g/mol. The first-order valence-corrected chi connectivity index (χ1v) is 9.30. The molecule has 0 aromatic heterocycles. The first kappa shape index (κ1) is 19.9. The summed E-state index contributed by atoms with van der Waals surface area (Å²) in [6, 6.07) is 12.1. The predicted molar refractivity (Wildman–Crippen MR) is 104 cm³/mol. The molecule has 0 aliphatic carbocycles. The number of carbonyl (C=O) groups excluding carboxylic acids is 2. The van der Waals surface area contributed by atoms with Crippen LogP contribution >= 0.6 is 0 Å². The van der Waals surface area contributed by atoms with Gasteiger partial charge in [0.1, 0.15) is 17.3 Å². The molecule has 0 radical (unpaired) electrons. The number of rotatable bonds is 5. The third-order valence-corrected chi connectivity index (χ3v) is 5.08. The van der Waals surface area contributed by atoms with E-state index in [1.54, 1.807) is 6.92 Å². The topological polar surface area (TPSA) is 61.4 Å². The van der Waals surface area contributed by atoms with Gasteiger partial charge in [0.05, 0.1) is 6.04 Å². The van der Waals surface area contributed by atoms with Crippen LogP contribution in [0.25, 0.3) is 0 Å². The minimum absolute atomic E-state index is 0.0311. The highest BCUT2D eigenvalue weighted by atomic mass is 19.1. The normalized spacial score (nSPS) is 16.4. The first-order valence-electron chi connectivity index (χ1n) is 9.30. The Labute approximate surface area is 162 Å². The van der Waals surface area contributed by atoms with Gasteiger partial charge >= 0.3 is 0 Å². The number of carbonyl (C=O) groups is 2. The average molecular weight is 387 g/mol. The molecule has 148 valence electrons. The summed E-state index contributed by atoms with van der Waals surface area (Å²) in [4.78, 5) is 26.7. The zero-order valence-electron chi connectivity index (χ0n) is 15.6.